The Labute approximate surface area is 108 Å². The summed E-state index contributed by atoms with van der Waals surface area (Å²) in [7, 11) is 0. The van der Waals surface area contributed by atoms with E-state index in [0.29, 0.717) is 18.9 Å². The Morgan fingerprint density at radius 3 is 2.79 bits per heavy atom. The largest absolute Gasteiger partial charge is 0.336 e. The highest BCUT2D eigenvalue weighted by atomic mass is 19.1. The van der Waals surface area contributed by atoms with Gasteiger partial charge < -0.3 is 4.90 Å². The van der Waals surface area contributed by atoms with Crippen LogP contribution in [0.2, 0.25) is 0 Å². The lowest BCUT2D eigenvalue weighted by Crippen LogP contribution is -2.33. The monoisotopic (exact) mass is 261 g/mol. The summed E-state index contributed by atoms with van der Waals surface area (Å²) in [5.41, 5.74) is 1.81. The highest BCUT2D eigenvalue weighted by Gasteiger charge is 2.27. The molecule has 3 heterocycles. The molecule has 0 fully saturated rings. The molecule has 0 N–H and O–H groups in total. The Hall–Kier alpha value is -2.31. The smallest absolute Gasteiger partial charge is 0.235 e. The van der Waals surface area contributed by atoms with E-state index in [2.05, 4.69) is 15.0 Å². The normalized spacial score (nSPS) is 18.2. The van der Waals surface area contributed by atoms with Crippen molar-refractivity contribution in [1.82, 2.24) is 24.4 Å². The molecule has 1 atom stereocenters. The second-order valence-corrected chi connectivity index (χ2v) is 4.42. The molecular weight excluding hydrogens is 249 g/mol. The van der Waals surface area contributed by atoms with Gasteiger partial charge in [0.1, 0.15) is 6.33 Å². The van der Waals surface area contributed by atoms with Crippen LogP contribution < -0.4 is 0 Å². The molecule has 0 saturated heterocycles. The molecule has 7 heteroatoms. The number of carbonyl (C=O) groups is 1. The maximum atomic E-state index is 12.8. The summed E-state index contributed by atoms with van der Waals surface area (Å²) in [6, 6.07) is -0.0667. The lowest BCUT2D eigenvalue weighted by molar-refractivity contribution is -0.120. The van der Waals surface area contributed by atoms with Crippen LogP contribution in [0.3, 0.4) is 0 Å². The zero-order valence-corrected chi connectivity index (χ0v) is 10.3. The van der Waals surface area contributed by atoms with Gasteiger partial charge in [0.2, 0.25) is 12.4 Å². The Bertz CT molecular complexity index is 609. The second-order valence-electron chi connectivity index (χ2n) is 4.42. The predicted octanol–water partition coefficient (Wildman–Crippen LogP) is 0.877. The maximum absolute atomic E-state index is 12.8. The molecule has 3 rings (SSSR count). The SMILES string of the molecule is CC1c2ncn(-c3ncc(F)cn3)c2CCN1C=O. The van der Waals surface area contributed by atoms with Crippen LogP contribution in [0.15, 0.2) is 18.7 Å². The molecule has 0 aromatic carbocycles. The third kappa shape index (κ3) is 1.87. The van der Waals surface area contributed by atoms with Gasteiger partial charge in [-0.15, -0.1) is 0 Å². The molecule has 19 heavy (non-hydrogen) atoms. The summed E-state index contributed by atoms with van der Waals surface area (Å²) in [5.74, 6) is -0.0832. The van der Waals surface area contributed by atoms with E-state index < -0.39 is 5.82 Å². The van der Waals surface area contributed by atoms with Crippen LogP contribution in [0.4, 0.5) is 4.39 Å². The van der Waals surface area contributed by atoms with Crippen molar-refractivity contribution in [3.05, 3.63) is 35.9 Å². The predicted molar refractivity (Wildman–Crippen MR) is 64.0 cm³/mol. The number of halogens is 1. The number of hydrogen-bond donors (Lipinski definition) is 0. The van der Waals surface area contributed by atoms with Crippen LogP contribution in [-0.4, -0.2) is 37.4 Å². The van der Waals surface area contributed by atoms with Crippen molar-refractivity contribution in [1.29, 1.82) is 0 Å². The molecule has 1 unspecified atom stereocenters. The first-order valence-corrected chi connectivity index (χ1v) is 5.96. The molecule has 2 aromatic heterocycles. The zero-order valence-electron chi connectivity index (χ0n) is 10.3. The van der Waals surface area contributed by atoms with Gasteiger partial charge in [0.05, 0.1) is 29.8 Å². The van der Waals surface area contributed by atoms with E-state index in [1.807, 2.05) is 6.92 Å². The highest BCUT2D eigenvalue weighted by molar-refractivity contribution is 5.50. The average Bonchev–Trinajstić information content (AvgIpc) is 2.85. The summed E-state index contributed by atoms with van der Waals surface area (Å²) in [6.45, 7) is 2.56. The molecule has 1 aliphatic rings. The van der Waals surface area contributed by atoms with Crippen molar-refractivity contribution in [2.24, 2.45) is 0 Å². The van der Waals surface area contributed by atoms with Gasteiger partial charge in [-0.3, -0.25) is 9.36 Å². The molecule has 2 aromatic rings. The summed E-state index contributed by atoms with van der Waals surface area (Å²) >= 11 is 0. The fourth-order valence-corrected chi connectivity index (χ4v) is 2.32. The van der Waals surface area contributed by atoms with E-state index in [1.54, 1.807) is 15.8 Å². The lowest BCUT2D eigenvalue weighted by atomic mass is 10.1. The van der Waals surface area contributed by atoms with Gasteiger partial charge >= 0.3 is 0 Å². The molecule has 0 aliphatic carbocycles. The minimum absolute atomic E-state index is 0.0667. The summed E-state index contributed by atoms with van der Waals surface area (Å²) in [4.78, 5) is 24.8. The van der Waals surface area contributed by atoms with Gasteiger partial charge in [-0.05, 0) is 6.92 Å². The molecule has 0 saturated carbocycles. The molecule has 0 radical (unpaired) electrons. The first-order valence-electron chi connectivity index (χ1n) is 5.96. The van der Waals surface area contributed by atoms with Crippen molar-refractivity contribution in [3.8, 4) is 5.95 Å². The zero-order chi connectivity index (χ0) is 13.4. The molecule has 6 nitrogen and oxygen atoms in total. The van der Waals surface area contributed by atoms with Gasteiger partial charge in [0, 0.05) is 13.0 Å². The number of aromatic nitrogens is 4. The van der Waals surface area contributed by atoms with Crippen molar-refractivity contribution in [3.63, 3.8) is 0 Å². The second kappa shape index (κ2) is 4.42. The van der Waals surface area contributed by atoms with Gasteiger partial charge in [0.15, 0.2) is 5.82 Å². The number of hydrogen-bond acceptors (Lipinski definition) is 4. The molecule has 98 valence electrons. The Kier molecular flexibility index (Phi) is 2.73. The third-order valence-electron chi connectivity index (χ3n) is 3.36. The van der Waals surface area contributed by atoms with E-state index in [4.69, 9.17) is 0 Å². The topological polar surface area (TPSA) is 63.9 Å². The molecule has 0 bridgehead atoms. The van der Waals surface area contributed by atoms with E-state index in [1.165, 1.54) is 0 Å². The minimum atomic E-state index is -0.474. The molecule has 0 spiro atoms. The average molecular weight is 261 g/mol. The van der Waals surface area contributed by atoms with Gasteiger partial charge in [-0.1, -0.05) is 0 Å². The minimum Gasteiger partial charge on any atom is -0.336 e. The number of amides is 1. The lowest BCUT2D eigenvalue weighted by Gasteiger charge is -2.29. The van der Waals surface area contributed by atoms with E-state index in [9.17, 15) is 9.18 Å². The highest BCUT2D eigenvalue weighted by Crippen LogP contribution is 2.27. The fraction of sp³-hybridized carbons (Fsp3) is 0.333. The van der Waals surface area contributed by atoms with Gasteiger partial charge in [-0.2, -0.15) is 0 Å². The number of imidazole rings is 1. The van der Waals surface area contributed by atoms with Crippen LogP contribution in [-0.2, 0) is 11.2 Å². The fourth-order valence-electron chi connectivity index (χ4n) is 2.32. The van der Waals surface area contributed by atoms with Crippen LogP contribution in [0.25, 0.3) is 5.95 Å². The summed E-state index contributed by atoms with van der Waals surface area (Å²) in [5, 5.41) is 0. The van der Waals surface area contributed by atoms with Crippen molar-refractivity contribution >= 4 is 6.41 Å². The van der Waals surface area contributed by atoms with Crippen LogP contribution in [0.5, 0.6) is 0 Å². The van der Waals surface area contributed by atoms with Crippen molar-refractivity contribution in [2.45, 2.75) is 19.4 Å². The summed E-state index contributed by atoms with van der Waals surface area (Å²) in [6.07, 6.45) is 5.38. The molecular formula is C12H12FN5O. The number of nitrogens with zero attached hydrogens (tertiary/aromatic N) is 5. The van der Waals surface area contributed by atoms with E-state index in [0.717, 1.165) is 30.2 Å². The third-order valence-corrected chi connectivity index (χ3v) is 3.36. The van der Waals surface area contributed by atoms with Crippen LogP contribution in [0.1, 0.15) is 24.4 Å². The number of rotatable bonds is 2. The van der Waals surface area contributed by atoms with Crippen LogP contribution >= 0.6 is 0 Å². The Morgan fingerprint density at radius 1 is 1.37 bits per heavy atom. The van der Waals surface area contributed by atoms with Gasteiger partial charge in [-0.25, -0.2) is 19.3 Å². The number of carbonyl (C=O) groups excluding carboxylic acids is 1. The summed E-state index contributed by atoms with van der Waals surface area (Å²) < 4.78 is 14.6. The maximum Gasteiger partial charge on any atom is 0.235 e. The Balaban J connectivity index is 2.02. The standard InChI is InChI=1S/C12H12FN5O/c1-8-11-10(2-3-17(8)7-19)18(6-16-11)12-14-4-9(13)5-15-12/h4-8H,2-3H2,1H3. The quantitative estimate of drug-likeness (QED) is 0.753. The van der Waals surface area contributed by atoms with E-state index >= 15 is 0 Å². The van der Waals surface area contributed by atoms with Crippen LogP contribution in [0, 0.1) is 5.82 Å². The first kappa shape index (κ1) is 11.8. The van der Waals surface area contributed by atoms with Gasteiger partial charge in [0.25, 0.3) is 0 Å². The molecule has 1 amide bonds. The number of fused-ring (bicyclic) bond motifs is 1. The Morgan fingerprint density at radius 2 is 2.11 bits per heavy atom. The van der Waals surface area contributed by atoms with Crippen molar-refractivity contribution < 1.29 is 9.18 Å². The van der Waals surface area contributed by atoms with Crippen molar-refractivity contribution in [2.75, 3.05) is 6.54 Å². The molecule has 1 aliphatic heterocycles. The first-order chi connectivity index (χ1) is 9.20. The van der Waals surface area contributed by atoms with E-state index in [-0.39, 0.29) is 6.04 Å².